The fourth-order valence-corrected chi connectivity index (χ4v) is 3.61. The van der Waals surface area contributed by atoms with Crippen LogP contribution in [0.1, 0.15) is 35.0 Å². The van der Waals surface area contributed by atoms with Crippen LogP contribution in [0.15, 0.2) is 66.2 Å². The van der Waals surface area contributed by atoms with Crippen LogP contribution in [0, 0.1) is 0 Å². The number of hydrogen-bond donors (Lipinski definition) is 1. The van der Waals surface area contributed by atoms with Gasteiger partial charge in [-0.15, -0.1) is 13.2 Å². The fraction of sp³-hybridized carbons (Fsp3) is 0.240. The Kier molecular flexibility index (Phi) is 7.74. The summed E-state index contributed by atoms with van der Waals surface area (Å²) in [4.78, 5) is 32.6. The minimum absolute atomic E-state index is 0.0131. The number of carbonyl (C=O) groups is 2. The van der Waals surface area contributed by atoms with Crippen molar-refractivity contribution in [2.24, 2.45) is 5.10 Å². The minimum Gasteiger partial charge on any atom is -0.493 e. The number of alkyl halides is 3. The van der Waals surface area contributed by atoms with Gasteiger partial charge in [0, 0.05) is 23.6 Å². The monoisotopic (exact) mass is 529 g/mol. The van der Waals surface area contributed by atoms with Gasteiger partial charge in [-0.25, -0.2) is 9.78 Å². The molecule has 13 heteroatoms. The first-order valence-corrected chi connectivity index (χ1v) is 11.3. The number of carbonyl (C=O) groups excluding carboxylic acids is 2. The summed E-state index contributed by atoms with van der Waals surface area (Å²) in [5, 5.41) is 8.16. The van der Waals surface area contributed by atoms with Crippen molar-refractivity contribution < 1.29 is 37.0 Å². The zero-order valence-electron chi connectivity index (χ0n) is 20.2. The van der Waals surface area contributed by atoms with E-state index in [1.165, 1.54) is 37.8 Å². The highest BCUT2D eigenvalue weighted by Crippen LogP contribution is 2.34. The van der Waals surface area contributed by atoms with E-state index in [2.05, 4.69) is 25.1 Å². The van der Waals surface area contributed by atoms with E-state index in [1.807, 2.05) is 0 Å². The number of nitrogens with one attached hydrogen (secondary N) is 1. The number of hydrogen-bond acceptors (Lipinski definition) is 8. The van der Waals surface area contributed by atoms with E-state index in [0.717, 1.165) is 11.1 Å². The summed E-state index contributed by atoms with van der Waals surface area (Å²) in [5.74, 6) is -1.09. The topological polar surface area (TPSA) is 115 Å². The predicted octanol–water partition coefficient (Wildman–Crippen LogP) is 4.77. The maximum absolute atomic E-state index is 12.9. The number of nitrogens with zero attached hydrogens (tertiary/aromatic N) is 4. The molecule has 1 unspecified atom stereocenters. The lowest BCUT2D eigenvalue weighted by atomic mass is 10.0. The average Bonchev–Trinajstić information content (AvgIpc) is 2.90. The van der Waals surface area contributed by atoms with Gasteiger partial charge in [0.2, 0.25) is 0 Å². The molecule has 2 aromatic carbocycles. The number of rotatable bonds is 8. The summed E-state index contributed by atoms with van der Waals surface area (Å²) < 4.78 is 53.3. The Labute approximate surface area is 215 Å². The molecule has 1 aliphatic heterocycles. The molecule has 1 aromatic heterocycles. The van der Waals surface area contributed by atoms with Gasteiger partial charge in [0.15, 0.2) is 11.5 Å². The van der Waals surface area contributed by atoms with Crippen LogP contribution >= 0.6 is 0 Å². The second-order valence-corrected chi connectivity index (χ2v) is 7.98. The predicted molar refractivity (Wildman–Crippen MR) is 129 cm³/mol. The van der Waals surface area contributed by atoms with Gasteiger partial charge in [0.25, 0.3) is 5.91 Å². The molecule has 38 heavy (non-hydrogen) atoms. The lowest BCUT2D eigenvalue weighted by Gasteiger charge is -2.29. The SMILES string of the molecule is CCC1OC(=O)N(Cc2ccc(NC(=O)c3cnccn3)cc2)N=C1c1ccc(OC)c(OC(F)(F)F)c1. The van der Waals surface area contributed by atoms with E-state index in [9.17, 15) is 22.8 Å². The van der Waals surface area contributed by atoms with Gasteiger partial charge in [0.05, 0.1) is 19.9 Å². The average molecular weight is 529 g/mol. The molecule has 2 heterocycles. The van der Waals surface area contributed by atoms with Gasteiger partial charge in [0.1, 0.15) is 17.5 Å². The number of aromatic nitrogens is 2. The Balaban J connectivity index is 1.54. The highest BCUT2D eigenvalue weighted by molar-refractivity contribution is 6.06. The summed E-state index contributed by atoms with van der Waals surface area (Å²) in [6, 6.07) is 10.6. The van der Waals surface area contributed by atoms with Crippen LogP contribution < -0.4 is 14.8 Å². The van der Waals surface area contributed by atoms with E-state index >= 15 is 0 Å². The molecule has 10 nitrogen and oxygen atoms in total. The number of methoxy groups -OCH3 is 1. The van der Waals surface area contributed by atoms with E-state index in [-0.39, 0.29) is 29.3 Å². The first kappa shape index (κ1) is 26.4. The van der Waals surface area contributed by atoms with Gasteiger partial charge < -0.3 is 19.5 Å². The highest BCUT2D eigenvalue weighted by atomic mass is 19.4. The normalized spacial score (nSPS) is 15.4. The molecule has 0 spiro atoms. The van der Waals surface area contributed by atoms with Crippen molar-refractivity contribution in [2.45, 2.75) is 32.4 Å². The van der Waals surface area contributed by atoms with Crippen molar-refractivity contribution in [1.82, 2.24) is 15.0 Å². The molecule has 198 valence electrons. The van der Waals surface area contributed by atoms with Crippen molar-refractivity contribution in [3.05, 3.63) is 77.9 Å². The molecule has 2 amide bonds. The third-order valence-electron chi connectivity index (χ3n) is 5.38. The number of halogens is 3. The molecule has 0 fully saturated rings. The zero-order valence-corrected chi connectivity index (χ0v) is 20.2. The van der Waals surface area contributed by atoms with Crippen molar-refractivity contribution in [2.75, 3.05) is 12.4 Å². The van der Waals surface area contributed by atoms with E-state index in [4.69, 9.17) is 9.47 Å². The molecule has 1 N–H and O–H groups in total. The van der Waals surface area contributed by atoms with Gasteiger partial charge in [-0.2, -0.15) is 10.1 Å². The molecule has 3 aromatic rings. The molecule has 0 saturated heterocycles. The standard InChI is InChI=1S/C25H22F3N5O5/c1-3-19-22(16-6-9-20(36-2)21(12-16)38-25(26,27)28)32-33(24(35)37-19)14-15-4-7-17(8-5-15)31-23(34)18-13-29-10-11-30-18/h4-13,19H,3,14H2,1-2H3,(H,31,34). The number of cyclic esters (lactones) is 1. The van der Waals surface area contributed by atoms with Crippen molar-refractivity contribution in [3.63, 3.8) is 0 Å². The van der Waals surface area contributed by atoms with Crippen LogP contribution in [0.25, 0.3) is 0 Å². The Morgan fingerprint density at radius 2 is 1.89 bits per heavy atom. The lowest BCUT2D eigenvalue weighted by Crippen LogP contribution is -2.41. The molecule has 1 atom stereocenters. The summed E-state index contributed by atoms with van der Waals surface area (Å²) in [7, 11) is 1.22. The smallest absolute Gasteiger partial charge is 0.493 e. The van der Waals surface area contributed by atoms with Crippen molar-refractivity contribution in [3.8, 4) is 11.5 Å². The molecule has 4 rings (SSSR count). The molecule has 0 saturated carbocycles. The third kappa shape index (κ3) is 6.35. The van der Waals surface area contributed by atoms with Crippen LogP contribution in [0.3, 0.4) is 0 Å². The molecule has 0 aliphatic carbocycles. The molecule has 0 bridgehead atoms. The second kappa shape index (κ2) is 11.2. The van der Waals surface area contributed by atoms with Crippen molar-refractivity contribution in [1.29, 1.82) is 0 Å². The third-order valence-corrected chi connectivity index (χ3v) is 5.38. The van der Waals surface area contributed by atoms with Gasteiger partial charge in [-0.1, -0.05) is 19.1 Å². The van der Waals surface area contributed by atoms with Crippen molar-refractivity contribution >= 4 is 23.4 Å². The molecule has 1 aliphatic rings. The summed E-state index contributed by atoms with van der Waals surface area (Å²) in [5.41, 5.74) is 1.85. The maximum atomic E-state index is 12.9. The first-order valence-electron chi connectivity index (χ1n) is 11.3. The van der Waals surface area contributed by atoms with Crippen LogP contribution in [-0.2, 0) is 11.3 Å². The van der Waals surface area contributed by atoms with Crippen LogP contribution in [-0.4, -0.2) is 52.3 Å². The number of benzene rings is 2. The van der Waals surface area contributed by atoms with Gasteiger partial charge >= 0.3 is 12.5 Å². The van der Waals surface area contributed by atoms with Crippen LogP contribution in [0.5, 0.6) is 11.5 Å². The van der Waals surface area contributed by atoms with Gasteiger partial charge in [-0.05, 0) is 42.3 Å². The number of ether oxygens (including phenoxy) is 3. The number of amides is 2. The van der Waals surface area contributed by atoms with Gasteiger partial charge in [-0.3, -0.25) is 9.78 Å². The van der Waals surface area contributed by atoms with E-state index < -0.39 is 30.2 Å². The Morgan fingerprint density at radius 1 is 1.13 bits per heavy atom. The molecule has 0 radical (unpaired) electrons. The molecular weight excluding hydrogens is 507 g/mol. The quantitative estimate of drug-likeness (QED) is 0.447. The number of hydrazone groups is 1. The maximum Gasteiger partial charge on any atom is 0.573 e. The van der Waals surface area contributed by atoms with E-state index in [0.29, 0.717) is 17.7 Å². The summed E-state index contributed by atoms with van der Waals surface area (Å²) >= 11 is 0. The van der Waals surface area contributed by atoms with Crippen LogP contribution in [0.2, 0.25) is 0 Å². The Bertz CT molecular complexity index is 1330. The Hall–Kier alpha value is -4.68. The fourth-order valence-electron chi connectivity index (χ4n) is 3.61. The molecular formula is C25H22F3N5O5. The van der Waals surface area contributed by atoms with E-state index in [1.54, 1.807) is 31.2 Å². The number of anilines is 1. The zero-order chi connectivity index (χ0) is 27.3. The summed E-state index contributed by atoms with van der Waals surface area (Å²) in [6.45, 7) is 1.77. The minimum atomic E-state index is -4.93. The second-order valence-electron chi connectivity index (χ2n) is 7.98. The lowest BCUT2D eigenvalue weighted by molar-refractivity contribution is -0.275. The summed E-state index contributed by atoms with van der Waals surface area (Å²) in [6.07, 6.45) is -1.86. The van der Waals surface area contributed by atoms with Crippen LogP contribution in [0.4, 0.5) is 23.7 Å². The first-order chi connectivity index (χ1) is 18.2. The highest BCUT2D eigenvalue weighted by Gasteiger charge is 2.34. The largest absolute Gasteiger partial charge is 0.573 e. The Morgan fingerprint density at radius 3 is 2.53 bits per heavy atom.